The Morgan fingerprint density at radius 1 is 1.73 bits per heavy atom. The summed E-state index contributed by atoms with van der Waals surface area (Å²) in [7, 11) is 0. The van der Waals surface area contributed by atoms with E-state index in [1.165, 1.54) is 0 Å². The van der Waals surface area contributed by atoms with Crippen LogP contribution in [-0.2, 0) is 11.3 Å². The fourth-order valence-electron chi connectivity index (χ4n) is 1.64. The largest absolute Gasteiger partial charge is 0.350 e. The first-order valence-electron chi connectivity index (χ1n) is 5.20. The number of amides is 1. The standard InChI is InChI=1S/C11H16N2OS/c1-11(12,8-4-5-8)10(14)13-7-9-3-2-6-15-9/h2-3,6,8H,4-5,7,12H2,1H3,(H,13,14). The van der Waals surface area contributed by atoms with Crippen LogP contribution in [0.15, 0.2) is 17.5 Å². The molecule has 82 valence electrons. The van der Waals surface area contributed by atoms with Crippen LogP contribution in [0.2, 0.25) is 0 Å². The zero-order valence-electron chi connectivity index (χ0n) is 8.82. The first-order valence-corrected chi connectivity index (χ1v) is 6.08. The first kappa shape index (κ1) is 10.6. The summed E-state index contributed by atoms with van der Waals surface area (Å²) in [6, 6.07) is 3.99. The number of nitrogens with one attached hydrogen (secondary N) is 1. The highest BCUT2D eigenvalue weighted by Crippen LogP contribution is 2.38. The van der Waals surface area contributed by atoms with Gasteiger partial charge in [-0.1, -0.05) is 6.07 Å². The number of rotatable bonds is 4. The summed E-state index contributed by atoms with van der Waals surface area (Å²) in [4.78, 5) is 13.0. The number of carbonyl (C=O) groups is 1. The predicted molar refractivity (Wildman–Crippen MR) is 61.5 cm³/mol. The smallest absolute Gasteiger partial charge is 0.240 e. The van der Waals surface area contributed by atoms with Gasteiger partial charge in [-0.25, -0.2) is 0 Å². The van der Waals surface area contributed by atoms with E-state index in [1.807, 2.05) is 24.4 Å². The lowest BCUT2D eigenvalue weighted by Crippen LogP contribution is -2.53. The molecule has 1 heterocycles. The normalized spacial score (nSPS) is 19.6. The van der Waals surface area contributed by atoms with Crippen LogP contribution in [0.4, 0.5) is 0 Å². The highest BCUT2D eigenvalue weighted by atomic mass is 32.1. The molecule has 0 aliphatic heterocycles. The summed E-state index contributed by atoms with van der Waals surface area (Å²) in [6.45, 7) is 2.42. The Bertz CT molecular complexity index is 341. The summed E-state index contributed by atoms with van der Waals surface area (Å²) in [5.74, 6) is 0.347. The second-order valence-electron chi connectivity index (χ2n) is 4.32. The van der Waals surface area contributed by atoms with E-state index in [1.54, 1.807) is 11.3 Å². The molecule has 0 aromatic carbocycles. The third-order valence-electron chi connectivity index (χ3n) is 2.92. The Labute approximate surface area is 93.7 Å². The molecule has 3 N–H and O–H groups in total. The van der Waals surface area contributed by atoms with Crippen LogP contribution < -0.4 is 11.1 Å². The fraction of sp³-hybridized carbons (Fsp3) is 0.545. The van der Waals surface area contributed by atoms with Crippen molar-refractivity contribution in [1.29, 1.82) is 0 Å². The molecular weight excluding hydrogens is 208 g/mol. The number of nitrogens with two attached hydrogens (primary N) is 1. The van der Waals surface area contributed by atoms with Crippen LogP contribution in [0, 0.1) is 5.92 Å². The van der Waals surface area contributed by atoms with Crippen LogP contribution in [-0.4, -0.2) is 11.4 Å². The van der Waals surface area contributed by atoms with E-state index in [0.717, 1.165) is 17.7 Å². The maximum absolute atomic E-state index is 11.8. The van der Waals surface area contributed by atoms with E-state index in [2.05, 4.69) is 5.32 Å². The second-order valence-corrected chi connectivity index (χ2v) is 5.35. The van der Waals surface area contributed by atoms with Gasteiger partial charge in [0, 0.05) is 4.88 Å². The zero-order valence-corrected chi connectivity index (χ0v) is 9.64. The van der Waals surface area contributed by atoms with Crippen molar-refractivity contribution < 1.29 is 4.79 Å². The van der Waals surface area contributed by atoms with Crippen molar-refractivity contribution in [3.05, 3.63) is 22.4 Å². The van der Waals surface area contributed by atoms with Gasteiger partial charge in [-0.05, 0) is 37.1 Å². The molecule has 1 aliphatic rings. The van der Waals surface area contributed by atoms with Crippen molar-refractivity contribution in [3.8, 4) is 0 Å². The molecule has 15 heavy (non-hydrogen) atoms. The molecular formula is C11H16N2OS. The monoisotopic (exact) mass is 224 g/mol. The fourth-order valence-corrected chi connectivity index (χ4v) is 2.28. The SMILES string of the molecule is CC(N)(C(=O)NCc1cccs1)C1CC1. The van der Waals surface area contributed by atoms with Crippen molar-refractivity contribution in [2.75, 3.05) is 0 Å². The number of hydrogen-bond donors (Lipinski definition) is 2. The molecule has 1 saturated carbocycles. The number of thiophene rings is 1. The predicted octanol–water partition coefficient (Wildman–Crippen LogP) is 1.49. The molecule has 1 fully saturated rings. The van der Waals surface area contributed by atoms with Gasteiger partial charge in [0.05, 0.1) is 12.1 Å². The van der Waals surface area contributed by atoms with Crippen LogP contribution in [0.25, 0.3) is 0 Å². The van der Waals surface area contributed by atoms with E-state index < -0.39 is 5.54 Å². The third kappa shape index (κ3) is 2.38. The Morgan fingerprint density at radius 3 is 3.00 bits per heavy atom. The van der Waals surface area contributed by atoms with Crippen molar-refractivity contribution in [2.45, 2.75) is 31.8 Å². The summed E-state index contributed by atoms with van der Waals surface area (Å²) in [5.41, 5.74) is 5.31. The Balaban J connectivity index is 1.86. The molecule has 1 aromatic rings. The molecule has 3 nitrogen and oxygen atoms in total. The molecule has 1 unspecified atom stereocenters. The number of hydrogen-bond acceptors (Lipinski definition) is 3. The molecule has 4 heteroatoms. The second kappa shape index (κ2) is 3.94. The Morgan fingerprint density at radius 2 is 2.47 bits per heavy atom. The van der Waals surface area contributed by atoms with E-state index in [-0.39, 0.29) is 5.91 Å². The van der Waals surface area contributed by atoms with Crippen LogP contribution in [0.1, 0.15) is 24.6 Å². The van der Waals surface area contributed by atoms with Crippen molar-refractivity contribution in [2.24, 2.45) is 11.7 Å². The quantitative estimate of drug-likeness (QED) is 0.814. The van der Waals surface area contributed by atoms with Gasteiger partial charge >= 0.3 is 0 Å². The average Bonchev–Trinajstić information content (AvgIpc) is 2.94. The highest BCUT2D eigenvalue weighted by molar-refractivity contribution is 7.09. The molecule has 0 radical (unpaired) electrons. The minimum absolute atomic E-state index is 0.0293. The summed E-state index contributed by atoms with van der Waals surface area (Å²) in [5, 5.41) is 4.90. The Kier molecular flexibility index (Phi) is 2.80. The van der Waals surface area contributed by atoms with Gasteiger partial charge in [-0.3, -0.25) is 4.79 Å². The minimum atomic E-state index is -0.683. The summed E-state index contributed by atoms with van der Waals surface area (Å²) < 4.78 is 0. The van der Waals surface area contributed by atoms with E-state index >= 15 is 0 Å². The topological polar surface area (TPSA) is 55.1 Å². The van der Waals surface area contributed by atoms with Gasteiger partial charge in [0.2, 0.25) is 5.91 Å². The average molecular weight is 224 g/mol. The lowest BCUT2D eigenvalue weighted by molar-refractivity contribution is -0.126. The Hall–Kier alpha value is -0.870. The molecule has 0 bridgehead atoms. The zero-order chi connectivity index (χ0) is 10.9. The van der Waals surface area contributed by atoms with E-state index in [0.29, 0.717) is 12.5 Å². The number of carbonyl (C=O) groups excluding carboxylic acids is 1. The van der Waals surface area contributed by atoms with Gasteiger partial charge in [0.1, 0.15) is 0 Å². The van der Waals surface area contributed by atoms with E-state index in [4.69, 9.17) is 5.73 Å². The molecule has 1 aliphatic carbocycles. The maximum atomic E-state index is 11.8. The third-order valence-corrected chi connectivity index (χ3v) is 3.79. The lowest BCUT2D eigenvalue weighted by atomic mass is 9.96. The molecule has 1 atom stereocenters. The molecule has 1 amide bonds. The van der Waals surface area contributed by atoms with Crippen LogP contribution >= 0.6 is 11.3 Å². The molecule has 2 rings (SSSR count). The molecule has 0 spiro atoms. The highest BCUT2D eigenvalue weighted by Gasteiger charge is 2.43. The van der Waals surface area contributed by atoms with Crippen molar-refractivity contribution in [3.63, 3.8) is 0 Å². The lowest BCUT2D eigenvalue weighted by Gasteiger charge is -2.22. The first-order chi connectivity index (χ1) is 7.10. The van der Waals surface area contributed by atoms with Crippen LogP contribution in [0.3, 0.4) is 0 Å². The van der Waals surface area contributed by atoms with Gasteiger partial charge in [-0.2, -0.15) is 0 Å². The van der Waals surface area contributed by atoms with Gasteiger partial charge < -0.3 is 11.1 Å². The van der Waals surface area contributed by atoms with Crippen molar-refractivity contribution in [1.82, 2.24) is 5.32 Å². The van der Waals surface area contributed by atoms with Crippen LogP contribution in [0.5, 0.6) is 0 Å². The summed E-state index contributed by atoms with van der Waals surface area (Å²) >= 11 is 1.64. The summed E-state index contributed by atoms with van der Waals surface area (Å²) in [6.07, 6.45) is 2.17. The maximum Gasteiger partial charge on any atom is 0.240 e. The van der Waals surface area contributed by atoms with Crippen molar-refractivity contribution >= 4 is 17.2 Å². The van der Waals surface area contributed by atoms with Gasteiger partial charge in [0.25, 0.3) is 0 Å². The molecule has 0 saturated heterocycles. The molecule has 1 aromatic heterocycles. The van der Waals surface area contributed by atoms with E-state index in [9.17, 15) is 4.79 Å². The van der Waals surface area contributed by atoms with Gasteiger partial charge in [0.15, 0.2) is 0 Å². The minimum Gasteiger partial charge on any atom is -0.350 e. The van der Waals surface area contributed by atoms with Gasteiger partial charge in [-0.15, -0.1) is 11.3 Å².